The third-order valence-electron chi connectivity index (χ3n) is 3.89. The Balaban J connectivity index is 2.13. The molecule has 1 fully saturated rings. The van der Waals surface area contributed by atoms with Crippen LogP contribution in [0, 0.1) is 17.3 Å². The lowest BCUT2D eigenvalue weighted by atomic mass is 9.49. The van der Waals surface area contributed by atoms with E-state index in [1.54, 1.807) is 0 Å². The minimum atomic E-state index is 0.543. The minimum absolute atomic E-state index is 0.543. The second-order valence-corrected chi connectivity index (χ2v) is 4.70. The van der Waals surface area contributed by atoms with Crippen molar-refractivity contribution in [3.8, 4) is 0 Å². The van der Waals surface area contributed by atoms with E-state index in [4.69, 9.17) is 5.84 Å². The van der Waals surface area contributed by atoms with Crippen molar-refractivity contribution in [1.82, 2.24) is 5.43 Å². The van der Waals surface area contributed by atoms with E-state index >= 15 is 0 Å². The number of hydrogen-bond donors (Lipinski definition) is 2. The number of rotatable bonds is 2. The molecule has 0 radical (unpaired) electrons. The van der Waals surface area contributed by atoms with Crippen molar-refractivity contribution in [2.75, 3.05) is 6.54 Å². The summed E-state index contributed by atoms with van der Waals surface area (Å²) in [5.41, 5.74) is 4.84. The maximum Gasteiger partial charge on any atom is 0.0310 e. The molecule has 68 valence electrons. The predicted molar refractivity (Wildman–Crippen MR) is 50.3 cm³/mol. The standard InChI is InChI=1S/C10H18N2/c1-10(2)8-4-3-7(6-12-11)9(10)5-8/h3,8-9,12H,4-6,11H2,1-2H3. The van der Waals surface area contributed by atoms with E-state index in [-0.39, 0.29) is 0 Å². The van der Waals surface area contributed by atoms with Gasteiger partial charge in [-0.15, -0.1) is 0 Å². The lowest BCUT2D eigenvalue weighted by molar-refractivity contribution is -0.00734. The number of nitrogens with one attached hydrogen (secondary N) is 1. The van der Waals surface area contributed by atoms with Crippen LogP contribution in [0.5, 0.6) is 0 Å². The van der Waals surface area contributed by atoms with Crippen molar-refractivity contribution >= 4 is 0 Å². The zero-order valence-electron chi connectivity index (χ0n) is 7.93. The summed E-state index contributed by atoms with van der Waals surface area (Å²) < 4.78 is 0. The second-order valence-electron chi connectivity index (χ2n) is 4.70. The summed E-state index contributed by atoms with van der Waals surface area (Å²) in [5.74, 6) is 7.07. The highest BCUT2D eigenvalue weighted by Gasteiger charge is 2.50. The molecule has 2 heteroatoms. The molecule has 2 nitrogen and oxygen atoms in total. The minimum Gasteiger partial charge on any atom is -0.271 e. The molecule has 2 atom stereocenters. The van der Waals surface area contributed by atoms with Crippen molar-refractivity contribution in [3.63, 3.8) is 0 Å². The van der Waals surface area contributed by atoms with Gasteiger partial charge in [0.15, 0.2) is 0 Å². The third kappa shape index (κ3) is 0.947. The van der Waals surface area contributed by atoms with Crippen LogP contribution in [0.3, 0.4) is 0 Å². The predicted octanol–water partition coefficient (Wildman–Crippen LogP) is 1.44. The molecule has 0 heterocycles. The molecule has 3 aliphatic carbocycles. The SMILES string of the molecule is CC1(C)C2CC=C(CNN)C1C2. The summed E-state index contributed by atoms with van der Waals surface area (Å²) in [7, 11) is 0. The van der Waals surface area contributed by atoms with Gasteiger partial charge in [-0.3, -0.25) is 11.3 Å². The van der Waals surface area contributed by atoms with E-state index in [1.165, 1.54) is 18.4 Å². The van der Waals surface area contributed by atoms with Gasteiger partial charge in [0.2, 0.25) is 0 Å². The Hall–Kier alpha value is -0.340. The molecule has 0 aromatic rings. The van der Waals surface area contributed by atoms with E-state index in [0.29, 0.717) is 5.41 Å². The Bertz CT molecular complexity index is 218. The number of hydrogen-bond acceptors (Lipinski definition) is 2. The first kappa shape index (κ1) is 8.27. The van der Waals surface area contributed by atoms with Gasteiger partial charge in [0.25, 0.3) is 0 Å². The molecule has 0 aliphatic heterocycles. The number of nitrogens with two attached hydrogens (primary N) is 1. The summed E-state index contributed by atoms with van der Waals surface area (Å²) in [4.78, 5) is 0. The topological polar surface area (TPSA) is 38.0 Å². The Labute approximate surface area is 74.2 Å². The van der Waals surface area contributed by atoms with E-state index < -0.39 is 0 Å². The van der Waals surface area contributed by atoms with E-state index in [9.17, 15) is 0 Å². The summed E-state index contributed by atoms with van der Waals surface area (Å²) in [6, 6.07) is 0. The normalized spacial score (nSPS) is 37.1. The van der Waals surface area contributed by atoms with Gasteiger partial charge < -0.3 is 0 Å². The fourth-order valence-electron chi connectivity index (χ4n) is 2.79. The molecule has 0 aromatic carbocycles. The van der Waals surface area contributed by atoms with Crippen LogP contribution in [-0.4, -0.2) is 6.54 Å². The third-order valence-corrected chi connectivity index (χ3v) is 3.89. The Kier molecular flexibility index (Phi) is 1.77. The zero-order valence-corrected chi connectivity index (χ0v) is 7.93. The van der Waals surface area contributed by atoms with Gasteiger partial charge in [0.05, 0.1) is 0 Å². The van der Waals surface area contributed by atoms with Gasteiger partial charge in [-0.2, -0.15) is 0 Å². The molecular weight excluding hydrogens is 148 g/mol. The molecule has 0 amide bonds. The summed E-state index contributed by atoms with van der Waals surface area (Å²) in [6.45, 7) is 5.64. The molecule has 0 aromatic heterocycles. The molecule has 2 unspecified atom stereocenters. The first-order valence-corrected chi connectivity index (χ1v) is 4.78. The maximum atomic E-state index is 5.34. The Morgan fingerprint density at radius 2 is 2.42 bits per heavy atom. The average molecular weight is 166 g/mol. The maximum absolute atomic E-state index is 5.34. The van der Waals surface area contributed by atoms with Gasteiger partial charge in [0, 0.05) is 6.54 Å². The van der Waals surface area contributed by atoms with Gasteiger partial charge in [-0.25, -0.2) is 0 Å². The number of allylic oxidation sites excluding steroid dienone is 1. The summed E-state index contributed by atoms with van der Waals surface area (Å²) >= 11 is 0. The average Bonchev–Trinajstić information content (AvgIpc) is 2.05. The van der Waals surface area contributed by atoms with Gasteiger partial charge in [0.1, 0.15) is 0 Å². The van der Waals surface area contributed by atoms with Crippen LogP contribution in [0.25, 0.3) is 0 Å². The first-order valence-electron chi connectivity index (χ1n) is 4.78. The highest BCUT2D eigenvalue weighted by atomic mass is 15.2. The van der Waals surface area contributed by atoms with Gasteiger partial charge in [-0.1, -0.05) is 25.5 Å². The number of fused-ring (bicyclic) bond motifs is 1. The van der Waals surface area contributed by atoms with E-state index in [2.05, 4.69) is 25.3 Å². The smallest absolute Gasteiger partial charge is 0.0310 e. The molecule has 3 aliphatic rings. The molecule has 0 spiro atoms. The molecular formula is C10H18N2. The van der Waals surface area contributed by atoms with Gasteiger partial charge >= 0.3 is 0 Å². The fourth-order valence-corrected chi connectivity index (χ4v) is 2.79. The quantitative estimate of drug-likeness (QED) is 0.370. The Morgan fingerprint density at radius 3 is 2.92 bits per heavy atom. The molecule has 3 rings (SSSR count). The largest absolute Gasteiger partial charge is 0.271 e. The fraction of sp³-hybridized carbons (Fsp3) is 0.800. The van der Waals surface area contributed by atoms with Crippen molar-refractivity contribution in [1.29, 1.82) is 0 Å². The van der Waals surface area contributed by atoms with Crippen molar-refractivity contribution in [2.24, 2.45) is 23.1 Å². The molecule has 1 saturated carbocycles. The van der Waals surface area contributed by atoms with Crippen molar-refractivity contribution in [3.05, 3.63) is 11.6 Å². The highest BCUT2D eigenvalue weighted by molar-refractivity contribution is 5.24. The number of hydrazine groups is 1. The molecule has 0 saturated heterocycles. The second kappa shape index (κ2) is 2.57. The van der Waals surface area contributed by atoms with Crippen LogP contribution < -0.4 is 11.3 Å². The van der Waals surface area contributed by atoms with Crippen LogP contribution in [0.1, 0.15) is 26.7 Å². The van der Waals surface area contributed by atoms with Crippen molar-refractivity contribution in [2.45, 2.75) is 26.7 Å². The summed E-state index contributed by atoms with van der Waals surface area (Å²) in [6.07, 6.45) is 5.03. The van der Waals surface area contributed by atoms with E-state index in [0.717, 1.165) is 18.4 Å². The molecule has 2 bridgehead atoms. The summed E-state index contributed by atoms with van der Waals surface area (Å²) in [5, 5.41) is 0. The molecule has 12 heavy (non-hydrogen) atoms. The van der Waals surface area contributed by atoms with E-state index in [1.807, 2.05) is 0 Å². The van der Waals surface area contributed by atoms with Crippen LogP contribution in [0.15, 0.2) is 11.6 Å². The van der Waals surface area contributed by atoms with Crippen LogP contribution in [0.2, 0.25) is 0 Å². The lowest BCUT2D eigenvalue weighted by Gasteiger charge is -2.56. The highest BCUT2D eigenvalue weighted by Crippen LogP contribution is 2.58. The van der Waals surface area contributed by atoms with Gasteiger partial charge in [-0.05, 0) is 30.1 Å². The molecule has 3 N–H and O–H groups in total. The van der Waals surface area contributed by atoms with Crippen molar-refractivity contribution < 1.29 is 0 Å². The zero-order chi connectivity index (χ0) is 8.77. The van der Waals surface area contributed by atoms with Crippen LogP contribution in [0.4, 0.5) is 0 Å². The lowest BCUT2D eigenvalue weighted by Crippen LogP contribution is -2.49. The van der Waals surface area contributed by atoms with Crippen LogP contribution >= 0.6 is 0 Å². The Morgan fingerprint density at radius 1 is 1.67 bits per heavy atom. The first-order chi connectivity index (χ1) is 5.66. The van der Waals surface area contributed by atoms with Crippen LogP contribution in [-0.2, 0) is 0 Å². The monoisotopic (exact) mass is 166 g/mol.